The normalized spacial score (nSPS) is 11.9. The lowest BCUT2D eigenvalue weighted by Gasteiger charge is -2.24. The zero-order valence-corrected chi connectivity index (χ0v) is 14.2. The minimum atomic E-state index is -0.566. The van der Waals surface area contributed by atoms with E-state index in [1.165, 1.54) is 0 Å². The minimum absolute atomic E-state index is 0.0958. The van der Waals surface area contributed by atoms with Crippen molar-refractivity contribution in [3.63, 3.8) is 0 Å². The molecular weight excluding hydrogens is 288 g/mol. The average molecular weight is 312 g/mol. The Bertz CT molecular complexity index is 683. The Morgan fingerprint density at radius 3 is 2.43 bits per heavy atom. The Morgan fingerprint density at radius 2 is 1.83 bits per heavy atom. The van der Waals surface area contributed by atoms with Crippen LogP contribution < -0.4 is 15.4 Å². The summed E-state index contributed by atoms with van der Waals surface area (Å²) < 4.78 is 5.32. The SMILES string of the molecule is COc1cc(C)c(N(C)C(=O)[C@@H](N)Cc2ccccc2)cc1C. The molecule has 2 rings (SSSR count). The second kappa shape index (κ2) is 7.29. The number of carbonyl (C=O) groups is 1. The van der Waals surface area contributed by atoms with Gasteiger partial charge in [-0.2, -0.15) is 0 Å². The third-order valence-corrected chi connectivity index (χ3v) is 4.02. The molecule has 0 unspecified atom stereocenters. The third-order valence-electron chi connectivity index (χ3n) is 4.02. The number of anilines is 1. The topological polar surface area (TPSA) is 55.6 Å². The Balaban J connectivity index is 2.17. The molecule has 2 N–H and O–H groups in total. The fourth-order valence-corrected chi connectivity index (χ4v) is 2.68. The van der Waals surface area contributed by atoms with Gasteiger partial charge >= 0.3 is 0 Å². The van der Waals surface area contributed by atoms with Gasteiger partial charge < -0.3 is 15.4 Å². The van der Waals surface area contributed by atoms with Gasteiger partial charge in [0.2, 0.25) is 5.91 Å². The van der Waals surface area contributed by atoms with E-state index in [9.17, 15) is 4.79 Å². The smallest absolute Gasteiger partial charge is 0.243 e. The summed E-state index contributed by atoms with van der Waals surface area (Å²) in [6, 6.07) is 13.2. The first-order chi connectivity index (χ1) is 10.9. The fourth-order valence-electron chi connectivity index (χ4n) is 2.68. The monoisotopic (exact) mass is 312 g/mol. The lowest BCUT2D eigenvalue weighted by atomic mass is 10.0. The molecule has 0 fully saturated rings. The maximum Gasteiger partial charge on any atom is 0.243 e. The summed E-state index contributed by atoms with van der Waals surface area (Å²) in [5.74, 6) is 0.724. The van der Waals surface area contributed by atoms with Crippen LogP contribution in [0.1, 0.15) is 16.7 Å². The van der Waals surface area contributed by atoms with E-state index in [4.69, 9.17) is 10.5 Å². The van der Waals surface area contributed by atoms with Crippen molar-refractivity contribution in [3.8, 4) is 5.75 Å². The number of aryl methyl sites for hydroxylation is 2. The van der Waals surface area contributed by atoms with E-state index < -0.39 is 6.04 Å². The average Bonchev–Trinajstić information content (AvgIpc) is 2.56. The molecular formula is C19H24N2O2. The van der Waals surface area contributed by atoms with Gasteiger partial charge in [-0.1, -0.05) is 30.3 Å². The standard InChI is InChI=1S/C19H24N2O2/c1-13-11-18(23-4)14(2)10-17(13)21(3)19(22)16(20)12-15-8-6-5-7-9-15/h5-11,16H,12,20H2,1-4H3/t16-/m0/s1. The lowest BCUT2D eigenvalue weighted by Crippen LogP contribution is -2.43. The van der Waals surface area contributed by atoms with Crippen LogP contribution in [0.25, 0.3) is 0 Å². The number of hydrogen-bond donors (Lipinski definition) is 1. The molecule has 2 aromatic rings. The van der Waals surface area contributed by atoms with Crippen molar-refractivity contribution in [2.24, 2.45) is 5.73 Å². The second-order valence-electron chi connectivity index (χ2n) is 5.80. The van der Waals surface area contributed by atoms with Crippen LogP contribution >= 0.6 is 0 Å². The molecule has 1 atom stereocenters. The molecule has 122 valence electrons. The van der Waals surface area contributed by atoms with Gasteiger partial charge in [0.15, 0.2) is 0 Å². The number of hydrogen-bond acceptors (Lipinski definition) is 3. The van der Waals surface area contributed by atoms with Gasteiger partial charge in [0, 0.05) is 12.7 Å². The summed E-state index contributed by atoms with van der Waals surface area (Å²) in [5.41, 5.74) is 10.0. The molecule has 0 aromatic heterocycles. The van der Waals surface area contributed by atoms with Crippen LogP contribution in [0, 0.1) is 13.8 Å². The zero-order chi connectivity index (χ0) is 17.0. The summed E-state index contributed by atoms with van der Waals surface area (Å²) in [6.07, 6.45) is 0.526. The maximum atomic E-state index is 12.6. The fraction of sp³-hybridized carbons (Fsp3) is 0.316. The van der Waals surface area contributed by atoms with Crippen LogP contribution in [-0.2, 0) is 11.2 Å². The first-order valence-corrected chi connectivity index (χ1v) is 7.66. The van der Waals surface area contributed by atoms with Crippen LogP contribution in [0.3, 0.4) is 0 Å². The molecule has 23 heavy (non-hydrogen) atoms. The van der Waals surface area contributed by atoms with E-state index in [-0.39, 0.29) is 5.91 Å². The number of rotatable bonds is 5. The molecule has 0 spiro atoms. The summed E-state index contributed by atoms with van der Waals surface area (Å²) in [5, 5.41) is 0. The molecule has 0 aliphatic heterocycles. The van der Waals surface area contributed by atoms with Gasteiger partial charge in [0.1, 0.15) is 5.75 Å². The number of amides is 1. The molecule has 0 saturated carbocycles. The summed E-state index contributed by atoms with van der Waals surface area (Å²) in [6.45, 7) is 3.92. The number of ether oxygens (including phenoxy) is 1. The van der Waals surface area contributed by atoms with Crippen LogP contribution in [0.15, 0.2) is 42.5 Å². The quantitative estimate of drug-likeness (QED) is 0.923. The van der Waals surface area contributed by atoms with Crippen molar-refractivity contribution in [2.45, 2.75) is 26.3 Å². The molecule has 0 radical (unpaired) electrons. The molecule has 4 nitrogen and oxygen atoms in total. The highest BCUT2D eigenvalue weighted by Gasteiger charge is 2.21. The second-order valence-corrected chi connectivity index (χ2v) is 5.80. The first kappa shape index (κ1) is 17.0. The van der Waals surface area contributed by atoms with E-state index in [0.717, 1.165) is 28.1 Å². The van der Waals surface area contributed by atoms with Crippen LogP contribution in [-0.4, -0.2) is 26.1 Å². The summed E-state index contributed by atoms with van der Waals surface area (Å²) >= 11 is 0. The molecule has 0 bridgehead atoms. The number of carbonyl (C=O) groups excluding carboxylic acids is 1. The van der Waals surface area contributed by atoms with Gasteiger partial charge in [-0.15, -0.1) is 0 Å². The van der Waals surface area contributed by atoms with E-state index in [1.54, 1.807) is 19.1 Å². The zero-order valence-electron chi connectivity index (χ0n) is 14.2. The Hall–Kier alpha value is -2.33. The minimum Gasteiger partial charge on any atom is -0.496 e. The van der Waals surface area contributed by atoms with Crippen LogP contribution in [0.4, 0.5) is 5.69 Å². The third kappa shape index (κ3) is 3.90. The van der Waals surface area contributed by atoms with Crippen molar-refractivity contribution in [1.82, 2.24) is 0 Å². The number of methoxy groups -OCH3 is 1. The predicted molar refractivity (Wildman–Crippen MR) is 94.0 cm³/mol. The summed E-state index contributed by atoms with van der Waals surface area (Å²) in [7, 11) is 3.41. The number of nitrogens with two attached hydrogens (primary N) is 1. The maximum absolute atomic E-state index is 12.6. The number of likely N-dealkylation sites (N-methyl/N-ethyl adjacent to an activating group) is 1. The predicted octanol–water partition coefficient (Wildman–Crippen LogP) is 2.84. The van der Waals surface area contributed by atoms with E-state index in [0.29, 0.717) is 6.42 Å². The number of benzene rings is 2. The van der Waals surface area contributed by atoms with E-state index in [2.05, 4.69) is 0 Å². The van der Waals surface area contributed by atoms with E-state index in [1.807, 2.05) is 56.3 Å². The molecule has 1 amide bonds. The molecule has 0 aliphatic rings. The molecule has 4 heteroatoms. The molecule has 0 saturated heterocycles. The van der Waals surface area contributed by atoms with Gasteiger partial charge in [0.05, 0.1) is 13.2 Å². The van der Waals surface area contributed by atoms with Crippen molar-refractivity contribution < 1.29 is 9.53 Å². The van der Waals surface area contributed by atoms with Gasteiger partial charge in [-0.05, 0) is 49.1 Å². The first-order valence-electron chi connectivity index (χ1n) is 7.66. The molecule has 0 heterocycles. The van der Waals surface area contributed by atoms with Gasteiger partial charge in [-0.3, -0.25) is 4.79 Å². The number of nitrogens with zero attached hydrogens (tertiary/aromatic N) is 1. The van der Waals surface area contributed by atoms with Crippen molar-refractivity contribution in [2.75, 3.05) is 19.1 Å². The highest BCUT2D eigenvalue weighted by molar-refractivity contribution is 5.97. The molecule has 2 aromatic carbocycles. The van der Waals surface area contributed by atoms with Crippen molar-refractivity contribution in [1.29, 1.82) is 0 Å². The van der Waals surface area contributed by atoms with Crippen LogP contribution in [0.5, 0.6) is 5.75 Å². The van der Waals surface area contributed by atoms with Crippen LogP contribution in [0.2, 0.25) is 0 Å². The van der Waals surface area contributed by atoms with Crippen molar-refractivity contribution in [3.05, 3.63) is 59.2 Å². The highest BCUT2D eigenvalue weighted by atomic mass is 16.5. The van der Waals surface area contributed by atoms with Crippen molar-refractivity contribution >= 4 is 11.6 Å². The Kier molecular flexibility index (Phi) is 5.40. The summed E-state index contributed by atoms with van der Waals surface area (Å²) in [4.78, 5) is 14.3. The van der Waals surface area contributed by atoms with E-state index >= 15 is 0 Å². The highest BCUT2D eigenvalue weighted by Crippen LogP contribution is 2.28. The van der Waals surface area contributed by atoms with Gasteiger partial charge in [-0.25, -0.2) is 0 Å². The molecule has 0 aliphatic carbocycles. The Morgan fingerprint density at radius 1 is 1.17 bits per heavy atom. The van der Waals surface area contributed by atoms with Gasteiger partial charge in [0.25, 0.3) is 0 Å². The largest absolute Gasteiger partial charge is 0.496 e. The lowest BCUT2D eigenvalue weighted by molar-refractivity contribution is -0.119. The Labute approximate surface area is 137 Å².